The van der Waals surface area contributed by atoms with Crippen LogP contribution < -0.4 is 14.8 Å². The van der Waals surface area contributed by atoms with Crippen LogP contribution in [0.1, 0.15) is 28.6 Å². The molecule has 1 amide bonds. The van der Waals surface area contributed by atoms with Crippen LogP contribution in [-0.4, -0.2) is 12.7 Å². The number of fused-ring (bicyclic) bond motifs is 2. The summed E-state index contributed by atoms with van der Waals surface area (Å²) < 4.78 is 16.4. The predicted octanol–water partition coefficient (Wildman–Crippen LogP) is 4.28. The van der Waals surface area contributed by atoms with E-state index >= 15 is 0 Å². The van der Waals surface area contributed by atoms with E-state index in [9.17, 15) is 4.79 Å². The molecular formula is C19H17NO4. The van der Waals surface area contributed by atoms with Crippen LogP contribution >= 0.6 is 0 Å². The number of carbonyl (C=O) groups excluding carboxylic acids is 1. The number of benzene rings is 2. The summed E-state index contributed by atoms with van der Waals surface area (Å²) in [5.41, 5.74) is 3.42. The smallest absolute Gasteiger partial charge is 0.291 e. The van der Waals surface area contributed by atoms with E-state index in [0.717, 1.165) is 23.0 Å². The number of nitrogens with one attached hydrogen (secondary N) is 1. The van der Waals surface area contributed by atoms with Gasteiger partial charge in [0.2, 0.25) is 6.79 Å². The van der Waals surface area contributed by atoms with E-state index in [2.05, 4.69) is 18.3 Å². The molecular weight excluding hydrogens is 306 g/mol. The predicted molar refractivity (Wildman–Crippen MR) is 90.8 cm³/mol. The van der Waals surface area contributed by atoms with Gasteiger partial charge in [-0.3, -0.25) is 4.79 Å². The summed E-state index contributed by atoms with van der Waals surface area (Å²) in [4.78, 5) is 12.6. The Morgan fingerprint density at radius 1 is 1.12 bits per heavy atom. The van der Waals surface area contributed by atoms with E-state index in [4.69, 9.17) is 13.9 Å². The molecule has 2 aromatic carbocycles. The highest BCUT2D eigenvalue weighted by atomic mass is 16.7. The summed E-state index contributed by atoms with van der Waals surface area (Å²) in [5, 5.41) is 3.83. The summed E-state index contributed by atoms with van der Waals surface area (Å²) in [6.45, 7) is 4.21. The number of rotatable bonds is 3. The summed E-state index contributed by atoms with van der Waals surface area (Å²) in [7, 11) is 0. The van der Waals surface area contributed by atoms with Crippen molar-refractivity contribution in [1.29, 1.82) is 0 Å². The van der Waals surface area contributed by atoms with E-state index in [1.165, 1.54) is 5.56 Å². The first-order valence-corrected chi connectivity index (χ1v) is 7.88. The quantitative estimate of drug-likeness (QED) is 0.781. The van der Waals surface area contributed by atoms with Gasteiger partial charge in [-0.05, 0) is 43.2 Å². The molecule has 0 atom stereocenters. The van der Waals surface area contributed by atoms with Crippen LogP contribution in [0.15, 0.2) is 40.8 Å². The molecule has 4 rings (SSSR count). The molecule has 3 aromatic rings. The fourth-order valence-corrected chi connectivity index (χ4v) is 2.87. The van der Waals surface area contributed by atoms with Crippen molar-refractivity contribution in [3.05, 3.63) is 53.3 Å². The van der Waals surface area contributed by atoms with Gasteiger partial charge in [-0.2, -0.15) is 0 Å². The van der Waals surface area contributed by atoms with E-state index < -0.39 is 0 Å². The number of amides is 1. The first-order chi connectivity index (χ1) is 11.7. The molecule has 0 radical (unpaired) electrons. The maximum absolute atomic E-state index is 12.6. The van der Waals surface area contributed by atoms with Gasteiger partial charge in [0.1, 0.15) is 5.58 Å². The minimum atomic E-state index is -0.277. The second-order valence-electron chi connectivity index (χ2n) is 5.76. The minimum Gasteiger partial charge on any atom is -0.454 e. The third-order valence-corrected chi connectivity index (χ3v) is 4.25. The highest BCUT2D eigenvalue weighted by molar-refractivity contribution is 6.06. The van der Waals surface area contributed by atoms with Gasteiger partial charge in [0.15, 0.2) is 17.3 Å². The zero-order valence-electron chi connectivity index (χ0n) is 13.5. The number of furan rings is 1. The third-order valence-electron chi connectivity index (χ3n) is 4.25. The minimum absolute atomic E-state index is 0.204. The lowest BCUT2D eigenvalue weighted by Gasteiger charge is -2.05. The molecule has 1 aliphatic heterocycles. The van der Waals surface area contributed by atoms with Gasteiger partial charge in [-0.15, -0.1) is 0 Å². The molecule has 0 unspecified atom stereocenters. The van der Waals surface area contributed by atoms with Crippen LogP contribution in [0.3, 0.4) is 0 Å². The number of hydrogen-bond donors (Lipinski definition) is 1. The number of carbonyl (C=O) groups is 1. The van der Waals surface area contributed by atoms with Crippen LogP contribution in [0.4, 0.5) is 5.69 Å². The normalized spacial score (nSPS) is 12.6. The molecule has 0 bridgehead atoms. The Labute approximate surface area is 139 Å². The fraction of sp³-hybridized carbons (Fsp3) is 0.211. The molecule has 2 heterocycles. The van der Waals surface area contributed by atoms with Crippen molar-refractivity contribution >= 4 is 22.6 Å². The van der Waals surface area contributed by atoms with Crippen LogP contribution in [0, 0.1) is 6.92 Å². The van der Waals surface area contributed by atoms with Crippen LogP contribution in [0.25, 0.3) is 11.0 Å². The molecule has 0 spiro atoms. The third kappa shape index (κ3) is 2.38. The highest BCUT2D eigenvalue weighted by Crippen LogP contribution is 2.34. The zero-order valence-corrected chi connectivity index (χ0v) is 13.5. The molecule has 5 heteroatoms. The lowest BCUT2D eigenvalue weighted by molar-refractivity contribution is 0.0998. The van der Waals surface area contributed by atoms with Gasteiger partial charge in [-0.25, -0.2) is 0 Å². The molecule has 1 aromatic heterocycles. The molecule has 5 nitrogen and oxygen atoms in total. The van der Waals surface area contributed by atoms with Crippen molar-refractivity contribution in [2.24, 2.45) is 0 Å². The molecule has 122 valence electrons. The van der Waals surface area contributed by atoms with Gasteiger partial charge in [0.05, 0.1) is 0 Å². The summed E-state index contributed by atoms with van der Waals surface area (Å²) >= 11 is 0. The molecule has 1 N–H and O–H groups in total. The van der Waals surface area contributed by atoms with Gasteiger partial charge in [0, 0.05) is 22.7 Å². The van der Waals surface area contributed by atoms with Gasteiger partial charge in [-0.1, -0.05) is 13.0 Å². The number of hydrogen-bond acceptors (Lipinski definition) is 4. The maximum Gasteiger partial charge on any atom is 0.291 e. The first kappa shape index (κ1) is 14.6. The Hall–Kier alpha value is -2.95. The topological polar surface area (TPSA) is 60.7 Å². The Morgan fingerprint density at radius 2 is 1.96 bits per heavy atom. The summed E-state index contributed by atoms with van der Waals surface area (Å²) in [6, 6.07) is 11.3. The van der Waals surface area contributed by atoms with Crippen LogP contribution in [-0.2, 0) is 6.42 Å². The lowest BCUT2D eigenvalue weighted by Crippen LogP contribution is -2.12. The maximum atomic E-state index is 12.6. The SMILES string of the molecule is CCc1ccc2oc(C(=O)Nc3ccc4c(c3)OCO4)c(C)c2c1. The van der Waals surface area contributed by atoms with E-state index in [-0.39, 0.29) is 12.7 Å². The molecule has 0 aliphatic carbocycles. The van der Waals surface area contributed by atoms with Gasteiger partial charge < -0.3 is 19.2 Å². The summed E-state index contributed by atoms with van der Waals surface area (Å²) in [5.74, 6) is 1.36. The molecule has 0 saturated heterocycles. The molecule has 0 fully saturated rings. The number of aryl methyl sites for hydroxylation is 2. The fourth-order valence-electron chi connectivity index (χ4n) is 2.87. The van der Waals surface area contributed by atoms with Crippen molar-refractivity contribution in [1.82, 2.24) is 0 Å². The van der Waals surface area contributed by atoms with Crippen LogP contribution in [0.5, 0.6) is 11.5 Å². The first-order valence-electron chi connectivity index (χ1n) is 7.88. The monoisotopic (exact) mass is 323 g/mol. The Bertz CT molecular complexity index is 942. The second-order valence-corrected chi connectivity index (χ2v) is 5.76. The summed E-state index contributed by atoms with van der Waals surface area (Å²) in [6.07, 6.45) is 0.944. The largest absolute Gasteiger partial charge is 0.454 e. The van der Waals surface area contributed by atoms with Crippen LogP contribution in [0.2, 0.25) is 0 Å². The average Bonchev–Trinajstić information content (AvgIpc) is 3.18. The Balaban J connectivity index is 1.64. The van der Waals surface area contributed by atoms with E-state index in [1.54, 1.807) is 18.2 Å². The van der Waals surface area contributed by atoms with E-state index in [0.29, 0.717) is 22.9 Å². The Kier molecular flexibility index (Phi) is 3.41. The second kappa shape index (κ2) is 5.60. The zero-order chi connectivity index (χ0) is 16.7. The van der Waals surface area contributed by atoms with Crippen molar-refractivity contribution in [2.45, 2.75) is 20.3 Å². The number of anilines is 1. The standard InChI is InChI=1S/C19H17NO4/c1-3-12-4-6-15-14(8-12)11(2)18(24-15)19(21)20-13-5-7-16-17(9-13)23-10-22-16/h4-9H,3,10H2,1-2H3,(H,20,21). The molecule has 0 saturated carbocycles. The molecule has 24 heavy (non-hydrogen) atoms. The van der Waals surface area contributed by atoms with Gasteiger partial charge >= 0.3 is 0 Å². The lowest BCUT2D eigenvalue weighted by atomic mass is 10.1. The van der Waals surface area contributed by atoms with Crippen molar-refractivity contribution in [3.63, 3.8) is 0 Å². The van der Waals surface area contributed by atoms with E-state index in [1.807, 2.05) is 19.1 Å². The Morgan fingerprint density at radius 3 is 2.79 bits per heavy atom. The van der Waals surface area contributed by atoms with Crippen molar-refractivity contribution in [2.75, 3.05) is 12.1 Å². The number of ether oxygens (including phenoxy) is 2. The van der Waals surface area contributed by atoms with Crippen molar-refractivity contribution in [3.8, 4) is 11.5 Å². The van der Waals surface area contributed by atoms with Crippen molar-refractivity contribution < 1.29 is 18.7 Å². The van der Waals surface area contributed by atoms with Gasteiger partial charge in [0.25, 0.3) is 5.91 Å². The average molecular weight is 323 g/mol. The highest BCUT2D eigenvalue weighted by Gasteiger charge is 2.19. The molecule has 1 aliphatic rings.